The minimum absolute atomic E-state index is 0.472. The summed E-state index contributed by atoms with van der Waals surface area (Å²) in [6.07, 6.45) is 0. The van der Waals surface area contributed by atoms with E-state index in [2.05, 4.69) is 16.0 Å². The van der Waals surface area contributed by atoms with E-state index in [0.717, 1.165) is 5.56 Å². The lowest BCUT2D eigenvalue weighted by Gasteiger charge is -2.20. The zero-order valence-electron chi connectivity index (χ0n) is 14.3. The number of carbonyl (C=O) groups excluding carboxylic acids is 2. The molecule has 0 radical (unpaired) electrons. The third-order valence-corrected chi connectivity index (χ3v) is 3.55. The van der Waals surface area contributed by atoms with Crippen molar-refractivity contribution in [2.45, 2.75) is 6.04 Å². The molecule has 25 heavy (non-hydrogen) atoms. The fourth-order valence-corrected chi connectivity index (χ4v) is 2.28. The highest BCUT2D eigenvalue weighted by Gasteiger charge is 2.22. The van der Waals surface area contributed by atoms with Gasteiger partial charge in [0.2, 0.25) is 0 Å². The molecule has 0 spiro atoms. The molecule has 7 nitrogen and oxygen atoms in total. The molecule has 2 rings (SSSR count). The molecule has 3 amide bonds. The fraction of sp³-hybridized carbons (Fsp3) is 0.222. The Hall–Kier alpha value is -3.22. The number of ether oxygens (including phenoxy) is 2. The van der Waals surface area contributed by atoms with Gasteiger partial charge in [-0.3, -0.25) is 10.1 Å². The number of anilines is 1. The third kappa shape index (κ3) is 4.63. The highest BCUT2D eigenvalue weighted by Crippen LogP contribution is 2.31. The molecule has 0 aliphatic carbocycles. The van der Waals surface area contributed by atoms with Gasteiger partial charge in [0.15, 0.2) is 11.5 Å². The first-order valence-electron chi connectivity index (χ1n) is 7.65. The minimum Gasteiger partial charge on any atom is -0.493 e. The molecule has 0 saturated heterocycles. The van der Waals surface area contributed by atoms with Gasteiger partial charge in [-0.2, -0.15) is 0 Å². The van der Waals surface area contributed by atoms with Crippen LogP contribution in [0.15, 0.2) is 48.5 Å². The van der Waals surface area contributed by atoms with E-state index >= 15 is 0 Å². The minimum atomic E-state index is -0.753. The van der Waals surface area contributed by atoms with E-state index in [9.17, 15) is 9.59 Å². The van der Waals surface area contributed by atoms with E-state index < -0.39 is 18.0 Å². The van der Waals surface area contributed by atoms with Crippen LogP contribution in [-0.4, -0.2) is 33.2 Å². The Morgan fingerprint density at radius 2 is 1.64 bits per heavy atom. The van der Waals surface area contributed by atoms with Crippen LogP contribution < -0.4 is 25.4 Å². The number of imide groups is 1. The number of carbonyl (C=O) groups is 2. The molecular weight excluding hydrogens is 322 g/mol. The van der Waals surface area contributed by atoms with Crippen molar-refractivity contribution in [3.8, 4) is 11.5 Å². The van der Waals surface area contributed by atoms with E-state index in [1.807, 2.05) is 30.3 Å². The fourth-order valence-electron chi connectivity index (χ4n) is 2.28. The molecular formula is C18H21N3O4. The summed E-state index contributed by atoms with van der Waals surface area (Å²) < 4.78 is 10.5. The van der Waals surface area contributed by atoms with Crippen LogP contribution in [0.5, 0.6) is 11.5 Å². The van der Waals surface area contributed by atoms with Crippen LogP contribution in [0.4, 0.5) is 10.5 Å². The van der Waals surface area contributed by atoms with E-state index in [0.29, 0.717) is 17.2 Å². The molecule has 0 aliphatic heterocycles. The summed E-state index contributed by atoms with van der Waals surface area (Å²) >= 11 is 0. The zero-order valence-corrected chi connectivity index (χ0v) is 14.3. The predicted octanol–water partition coefficient (Wildman–Crippen LogP) is 2.31. The number of hydrogen-bond donors (Lipinski definition) is 3. The first-order valence-corrected chi connectivity index (χ1v) is 7.65. The number of rotatable bonds is 6. The van der Waals surface area contributed by atoms with E-state index in [-0.39, 0.29) is 0 Å². The Kier molecular flexibility index (Phi) is 6.22. The summed E-state index contributed by atoms with van der Waals surface area (Å²) in [5.74, 6) is 0.644. The Morgan fingerprint density at radius 1 is 0.960 bits per heavy atom. The average Bonchev–Trinajstić information content (AvgIpc) is 2.66. The highest BCUT2D eigenvalue weighted by molar-refractivity contribution is 5.98. The molecule has 0 saturated carbocycles. The SMILES string of the molecule is CNC(=O)NC(=O)[C@@H](Nc1ccc(OC)c(OC)c1)c1ccccc1. The number of urea groups is 1. The Bertz CT molecular complexity index is 734. The van der Waals surface area contributed by atoms with Gasteiger partial charge >= 0.3 is 6.03 Å². The zero-order chi connectivity index (χ0) is 18.2. The van der Waals surface area contributed by atoms with E-state index in [1.54, 1.807) is 25.3 Å². The van der Waals surface area contributed by atoms with Gasteiger partial charge < -0.3 is 20.1 Å². The Morgan fingerprint density at radius 3 is 2.24 bits per heavy atom. The van der Waals surface area contributed by atoms with Gasteiger partial charge in [-0.1, -0.05) is 30.3 Å². The smallest absolute Gasteiger partial charge is 0.321 e. The van der Waals surface area contributed by atoms with Gasteiger partial charge in [-0.05, 0) is 17.7 Å². The van der Waals surface area contributed by atoms with Gasteiger partial charge in [-0.15, -0.1) is 0 Å². The molecule has 0 heterocycles. The van der Waals surface area contributed by atoms with Gasteiger partial charge in [0, 0.05) is 18.8 Å². The van der Waals surface area contributed by atoms with Crippen molar-refractivity contribution in [2.75, 3.05) is 26.6 Å². The number of benzene rings is 2. The number of methoxy groups -OCH3 is 2. The molecule has 0 fully saturated rings. The number of nitrogens with one attached hydrogen (secondary N) is 3. The van der Waals surface area contributed by atoms with Crippen LogP contribution >= 0.6 is 0 Å². The maximum absolute atomic E-state index is 12.5. The normalized spacial score (nSPS) is 11.2. The second kappa shape index (κ2) is 8.58. The summed E-state index contributed by atoms with van der Waals surface area (Å²) in [6.45, 7) is 0. The number of amides is 3. The Balaban J connectivity index is 2.30. The van der Waals surface area contributed by atoms with Crippen LogP contribution in [0.25, 0.3) is 0 Å². The first-order chi connectivity index (χ1) is 12.1. The lowest BCUT2D eigenvalue weighted by Crippen LogP contribution is -2.42. The number of hydrogen-bond acceptors (Lipinski definition) is 5. The van der Waals surface area contributed by atoms with Crippen molar-refractivity contribution < 1.29 is 19.1 Å². The summed E-state index contributed by atoms with van der Waals surface area (Å²) in [4.78, 5) is 24.0. The first kappa shape index (κ1) is 18.1. The topological polar surface area (TPSA) is 88.7 Å². The van der Waals surface area contributed by atoms with Crippen molar-refractivity contribution in [1.82, 2.24) is 10.6 Å². The van der Waals surface area contributed by atoms with Gasteiger partial charge in [0.05, 0.1) is 14.2 Å². The van der Waals surface area contributed by atoms with Crippen molar-refractivity contribution in [2.24, 2.45) is 0 Å². The van der Waals surface area contributed by atoms with Crippen LogP contribution in [0.3, 0.4) is 0 Å². The third-order valence-electron chi connectivity index (χ3n) is 3.55. The van der Waals surface area contributed by atoms with E-state index in [1.165, 1.54) is 14.2 Å². The molecule has 7 heteroatoms. The van der Waals surface area contributed by atoms with Gasteiger partial charge in [0.25, 0.3) is 5.91 Å². The quantitative estimate of drug-likeness (QED) is 0.749. The second-order valence-corrected chi connectivity index (χ2v) is 5.13. The van der Waals surface area contributed by atoms with E-state index in [4.69, 9.17) is 9.47 Å². The van der Waals surface area contributed by atoms with Gasteiger partial charge in [-0.25, -0.2) is 4.79 Å². The second-order valence-electron chi connectivity index (χ2n) is 5.13. The molecule has 0 aliphatic rings. The summed E-state index contributed by atoms with van der Waals surface area (Å²) in [5, 5.41) is 7.78. The van der Waals surface area contributed by atoms with Crippen molar-refractivity contribution in [3.63, 3.8) is 0 Å². The van der Waals surface area contributed by atoms with Gasteiger partial charge in [0.1, 0.15) is 6.04 Å². The van der Waals surface area contributed by atoms with Crippen LogP contribution in [0, 0.1) is 0 Å². The highest BCUT2D eigenvalue weighted by atomic mass is 16.5. The Labute approximate surface area is 146 Å². The molecule has 3 N–H and O–H groups in total. The molecule has 1 atom stereocenters. The predicted molar refractivity (Wildman–Crippen MR) is 95.0 cm³/mol. The largest absolute Gasteiger partial charge is 0.493 e. The van der Waals surface area contributed by atoms with Crippen LogP contribution in [0.2, 0.25) is 0 Å². The standard InChI is InChI=1S/C18H21N3O4/c1-19-18(23)21-17(22)16(12-7-5-4-6-8-12)20-13-9-10-14(24-2)15(11-13)25-3/h4-11,16,20H,1-3H3,(H2,19,21,22,23)/t16-/m0/s1. The molecule has 2 aromatic rings. The molecule has 0 unspecified atom stereocenters. The van der Waals surface area contributed by atoms with Crippen molar-refractivity contribution >= 4 is 17.6 Å². The molecule has 0 aromatic heterocycles. The lowest BCUT2D eigenvalue weighted by molar-refractivity contribution is -0.120. The molecule has 0 bridgehead atoms. The lowest BCUT2D eigenvalue weighted by atomic mass is 10.1. The molecule has 2 aromatic carbocycles. The van der Waals surface area contributed by atoms with Crippen LogP contribution in [-0.2, 0) is 4.79 Å². The summed E-state index contributed by atoms with van der Waals surface area (Å²) in [5.41, 5.74) is 1.37. The summed E-state index contributed by atoms with van der Waals surface area (Å²) in [7, 11) is 4.53. The average molecular weight is 343 g/mol. The molecule has 132 valence electrons. The van der Waals surface area contributed by atoms with Crippen molar-refractivity contribution in [1.29, 1.82) is 0 Å². The maximum atomic E-state index is 12.5. The summed E-state index contributed by atoms with van der Waals surface area (Å²) in [6, 6.07) is 13.0. The maximum Gasteiger partial charge on any atom is 0.321 e. The monoisotopic (exact) mass is 343 g/mol. The van der Waals surface area contributed by atoms with Crippen LogP contribution in [0.1, 0.15) is 11.6 Å². The van der Waals surface area contributed by atoms with Crippen molar-refractivity contribution in [3.05, 3.63) is 54.1 Å².